The first-order valence-electron chi connectivity index (χ1n) is 8.14. The van der Waals surface area contributed by atoms with Crippen LogP contribution in [0.2, 0.25) is 0 Å². The van der Waals surface area contributed by atoms with E-state index >= 15 is 0 Å². The lowest BCUT2D eigenvalue weighted by Crippen LogP contribution is -2.42. The van der Waals surface area contributed by atoms with Gasteiger partial charge in [0.25, 0.3) is 0 Å². The second-order valence-corrected chi connectivity index (χ2v) is 5.92. The van der Waals surface area contributed by atoms with Crippen molar-refractivity contribution in [1.29, 1.82) is 0 Å². The van der Waals surface area contributed by atoms with E-state index in [4.69, 9.17) is 14.2 Å². The highest BCUT2D eigenvalue weighted by Gasteiger charge is 2.46. The quantitative estimate of drug-likeness (QED) is 0.577. The molecule has 0 N–H and O–H groups in total. The third kappa shape index (κ3) is 4.21. The summed E-state index contributed by atoms with van der Waals surface area (Å²) in [6, 6.07) is 5.82. The zero-order valence-corrected chi connectivity index (χ0v) is 15.4. The van der Waals surface area contributed by atoms with Gasteiger partial charge in [0.15, 0.2) is 0 Å². The van der Waals surface area contributed by atoms with Crippen molar-refractivity contribution in [3.8, 4) is 0 Å². The zero-order valence-electron chi connectivity index (χ0n) is 15.4. The van der Waals surface area contributed by atoms with Gasteiger partial charge in [-0.2, -0.15) is 0 Å². The van der Waals surface area contributed by atoms with Crippen LogP contribution < -0.4 is 0 Å². The van der Waals surface area contributed by atoms with Gasteiger partial charge in [0.2, 0.25) is 0 Å². The van der Waals surface area contributed by atoms with Crippen LogP contribution in [0.3, 0.4) is 0 Å². The minimum atomic E-state index is -1.30. The molecule has 0 saturated heterocycles. The predicted molar refractivity (Wildman–Crippen MR) is 93.0 cm³/mol. The Morgan fingerprint density at radius 3 is 2.30 bits per heavy atom. The Morgan fingerprint density at radius 2 is 1.70 bits per heavy atom. The van der Waals surface area contributed by atoms with Crippen molar-refractivity contribution >= 4 is 23.6 Å². The topological polar surface area (TPSA) is 91.3 Å². The Kier molecular flexibility index (Phi) is 6.44. The lowest BCUT2D eigenvalue weighted by molar-refractivity contribution is -0.157. The van der Waals surface area contributed by atoms with Crippen LogP contribution >= 0.6 is 0 Å². The molecule has 0 bridgehead atoms. The number of ether oxygens (including phenoxy) is 3. The van der Waals surface area contributed by atoms with Gasteiger partial charge in [-0.25, -0.2) is 9.18 Å². The number of esters is 3. The van der Waals surface area contributed by atoms with Gasteiger partial charge in [0.1, 0.15) is 24.3 Å². The van der Waals surface area contributed by atoms with Crippen LogP contribution in [0.25, 0.3) is 0 Å². The Balaban J connectivity index is 2.38. The summed E-state index contributed by atoms with van der Waals surface area (Å²) in [5, 5.41) is 0. The molecule has 2 atom stereocenters. The summed E-state index contributed by atoms with van der Waals surface area (Å²) in [5.74, 6) is -5.38. The van der Waals surface area contributed by atoms with Crippen molar-refractivity contribution in [3.05, 3.63) is 46.9 Å². The van der Waals surface area contributed by atoms with Gasteiger partial charge in [0.05, 0.1) is 19.8 Å². The number of hydrogen-bond donors (Lipinski definition) is 0. The molecule has 1 aliphatic rings. The molecule has 1 aromatic carbocycles. The molecular weight excluding hydrogens is 357 g/mol. The molecule has 0 fully saturated rings. The molecule has 1 aliphatic heterocycles. The second kappa shape index (κ2) is 8.57. The van der Waals surface area contributed by atoms with Crippen LogP contribution in [0.4, 0.5) is 4.39 Å². The normalized spacial score (nSPS) is 19.2. The van der Waals surface area contributed by atoms with Crippen LogP contribution in [0.15, 0.2) is 40.5 Å². The maximum atomic E-state index is 13.8. The Morgan fingerprint density at radius 1 is 1.04 bits per heavy atom. The Labute approximate surface area is 155 Å². The number of rotatable bonds is 5. The van der Waals surface area contributed by atoms with Crippen LogP contribution in [-0.2, 0) is 35.2 Å². The number of allylic oxidation sites excluding steroid dienone is 1. The fraction of sp³-hybridized carbons (Fsp3) is 0.368. The van der Waals surface area contributed by atoms with Crippen LogP contribution in [0, 0.1) is 17.7 Å². The molecule has 0 aliphatic carbocycles. The minimum absolute atomic E-state index is 0.0861. The smallest absolute Gasteiger partial charge is 0.336 e. The van der Waals surface area contributed by atoms with E-state index in [1.54, 1.807) is 13.0 Å². The third-order valence-corrected chi connectivity index (χ3v) is 4.27. The van der Waals surface area contributed by atoms with Crippen molar-refractivity contribution in [2.45, 2.75) is 20.5 Å². The Hall–Kier alpha value is -3.03. The molecule has 27 heavy (non-hydrogen) atoms. The summed E-state index contributed by atoms with van der Waals surface area (Å²) in [4.78, 5) is 41.4. The molecule has 0 spiro atoms. The molecule has 1 unspecified atom stereocenters. The third-order valence-electron chi connectivity index (χ3n) is 4.27. The molecular formula is C19H20FNO6. The van der Waals surface area contributed by atoms with Gasteiger partial charge in [-0.05, 0) is 19.9 Å². The van der Waals surface area contributed by atoms with Gasteiger partial charge in [-0.15, -0.1) is 0 Å². The van der Waals surface area contributed by atoms with Gasteiger partial charge in [-0.1, -0.05) is 18.2 Å². The first-order valence-corrected chi connectivity index (χ1v) is 8.14. The molecule has 0 aromatic heterocycles. The Bertz CT molecular complexity index is 829. The van der Waals surface area contributed by atoms with Gasteiger partial charge < -0.3 is 14.2 Å². The molecule has 0 amide bonds. The summed E-state index contributed by atoms with van der Waals surface area (Å²) >= 11 is 0. The number of methoxy groups -OCH3 is 2. The average Bonchev–Trinajstić information content (AvgIpc) is 2.65. The first kappa shape index (κ1) is 20.3. The van der Waals surface area contributed by atoms with E-state index in [1.165, 1.54) is 32.2 Å². The molecule has 8 heteroatoms. The molecule has 2 rings (SSSR count). The monoisotopic (exact) mass is 377 g/mol. The average molecular weight is 377 g/mol. The largest absolute Gasteiger partial charge is 0.468 e. The SMILES string of the molecule is COC(=O)C1=C(C)N=C(C)C(C(=O)OC)[C@@H]1C(=O)OCc1ccccc1F. The summed E-state index contributed by atoms with van der Waals surface area (Å²) in [7, 11) is 2.32. The molecule has 7 nitrogen and oxygen atoms in total. The number of benzene rings is 1. The van der Waals surface area contributed by atoms with E-state index in [0.717, 1.165) is 7.11 Å². The summed E-state index contributed by atoms with van der Waals surface area (Å²) in [6.07, 6.45) is 0. The zero-order chi connectivity index (χ0) is 20.1. The maximum absolute atomic E-state index is 13.8. The van der Waals surface area contributed by atoms with Gasteiger partial charge in [-0.3, -0.25) is 14.6 Å². The van der Waals surface area contributed by atoms with Crippen molar-refractivity contribution in [2.75, 3.05) is 14.2 Å². The van der Waals surface area contributed by atoms with Crippen molar-refractivity contribution in [1.82, 2.24) is 0 Å². The molecule has 0 radical (unpaired) electrons. The predicted octanol–water partition coefficient (Wildman–Crippen LogP) is 2.20. The van der Waals surface area contributed by atoms with Crippen LogP contribution in [0.1, 0.15) is 19.4 Å². The second-order valence-electron chi connectivity index (χ2n) is 5.92. The number of nitrogens with zero attached hydrogens (tertiary/aromatic N) is 1. The molecule has 144 valence electrons. The molecule has 0 saturated carbocycles. The summed E-state index contributed by atoms with van der Waals surface area (Å²) in [5.41, 5.74) is 0.631. The fourth-order valence-corrected chi connectivity index (χ4v) is 2.95. The van der Waals surface area contributed by atoms with Crippen molar-refractivity contribution in [3.63, 3.8) is 0 Å². The van der Waals surface area contributed by atoms with Gasteiger partial charge in [0, 0.05) is 17.0 Å². The van der Waals surface area contributed by atoms with E-state index in [1.807, 2.05) is 0 Å². The lowest BCUT2D eigenvalue weighted by Gasteiger charge is -2.29. The highest BCUT2D eigenvalue weighted by Crippen LogP contribution is 2.33. The number of carbonyl (C=O) groups excluding carboxylic acids is 3. The van der Waals surface area contributed by atoms with Crippen LogP contribution in [0.5, 0.6) is 0 Å². The summed E-state index contributed by atoms with van der Waals surface area (Å²) < 4.78 is 28.5. The highest BCUT2D eigenvalue weighted by atomic mass is 19.1. The summed E-state index contributed by atoms with van der Waals surface area (Å²) in [6.45, 7) is 2.73. The van der Waals surface area contributed by atoms with Gasteiger partial charge >= 0.3 is 17.9 Å². The van der Waals surface area contributed by atoms with E-state index in [9.17, 15) is 18.8 Å². The van der Waals surface area contributed by atoms with E-state index < -0.39 is 35.6 Å². The van der Waals surface area contributed by atoms with Crippen molar-refractivity contribution < 1.29 is 33.0 Å². The number of halogens is 1. The standard InChI is InChI=1S/C19H20FNO6/c1-10-14(17(22)25-3)16(15(11(2)21-10)18(23)26-4)19(24)27-9-12-7-5-6-8-13(12)20/h5-8,14,16H,9H2,1-4H3/t14?,16-/m0/s1. The van der Waals surface area contributed by atoms with E-state index in [0.29, 0.717) is 5.71 Å². The number of hydrogen-bond acceptors (Lipinski definition) is 7. The maximum Gasteiger partial charge on any atom is 0.336 e. The minimum Gasteiger partial charge on any atom is -0.468 e. The van der Waals surface area contributed by atoms with Crippen molar-refractivity contribution in [2.24, 2.45) is 16.8 Å². The fourth-order valence-electron chi connectivity index (χ4n) is 2.95. The number of aliphatic imine (C=N–C) groups is 1. The van der Waals surface area contributed by atoms with E-state index in [2.05, 4.69) is 4.99 Å². The van der Waals surface area contributed by atoms with E-state index in [-0.39, 0.29) is 23.4 Å². The molecule has 1 aromatic rings. The first-order chi connectivity index (χ1) is 12.8. The number of carbonyl (C=O) groups is 3. The lowest BCUT2D eigenvalue weighted by atomic mass is 9.80. The highest BCUT2D eigenvalue weighted by molar-refractivity contribution is 6.10. The van der Waals surface area contributed by atoms with Crippen LogP contribution in [-0.4, -0.2) is 37.8 Å². The molecule has 1 heterocycles.